The van der Waals surface area contributed by atoms with Gasteiger partial charge in [-0.05, 0) is 31.9 Å². The molecule has 1 atom stereocenters. The van der Waals surface area contributed by atoms with Crippen molar-refractivity contribution in [1.82, 2.24) is 15.5 Å². The molecular formula is C16H19FN4O3. The minimum Gasteiger partial charge on any atom is -0.386 e. The van der Waals surface area contributed by atoms with Gasteiger partial charge in [0, 0.05) is 25.7 Å². The minimum absolute atomic E-state index is 0.0927. The monoisotopic (exact) mass is 334 g/mol. The first-order chi connectivity index (χ1) is 11.5. The standard InChI is InChI=1S/C16H19FN4O3/c1-11-7-13(20-24-11)15(22)19-9-16(23)5-2-6-21(10-16)14-4-3-12(17)8-18-14/h3-4,7-8,23H,2,5-6,9-10H2,1H3,(H,19,22)/t16-/m1/s1. The van der Waals surface area contributed by atoms with E-state index in [1.54, 1.807) is 13.0 Å². The Bertz CT molecular complexity index is 718. The largest absolute Gasteiger partial charge is 0.386 e. The molecule has 1 saturated heterocycles. The van der Waals surface area contributed by atoms with E-state index in [-0.39, 0.29) is 12.2 Å². The number of nitrogens with zero attached hydrogens (tertiary/aromatic N) is 3. The molecule has 1 fully saturated rings. The topological polar surface area (TPSA) is 91.5 Å². The van der Waals surface area contributed by atoms with E-state index >= 15 is 0 Å². The number of hydrogen-bond acceptors (Lipinski definition) is 6. The van der Waals surface area contributed by atoms with Gasteiger partial charge in [0.15, 0.2) is 5.69 Å². The lowest BCUT2D eigenvalue weighted by Gasteiger charge is -2.39. The Morgan fingerprint density at radius 1 is 1.54 bits per heavy atom. The Labute approximate surface area is 138 Å². The number of aliphatic hydroxyl groups is 1. The summed E-state index contributed by atoms with van der Waals surface area (Å²) in [6, 6.07) is 4.46. The van der Waals surface area contributed by atoms with E-state index in [0.29, 0.717) is 24.5 Å². The van der Waals surface area contributed by atoms with Crippen LogP contribution in [0, 0.1) is 12.7 Å². The van der Waals surface area contributed by atoms with Gasteiger partial charge in [0.25, 0.3) is 5.91 Å². The highest BCUT2D eigenvalue weighted by atomic mass is 19.1. The summed E-state index contributed by atoms with van der Waals surface area (Å²) >= 11 is 0. The maximum atomic E-state index is 13.0. The number of carbonyl (C=O) groups is 1. The Morgan fingerprint density at radius 3 is 3.04 bits per heavy atom. The molecule has 1 aliphatic rings. The van der Waals surface area contributed by atoms with Crippen molar-refractivity contribution >= 4 is 11.7 Å². The van der Waals surface area contributed by atoms with Gasteiger partial charge >= 0.3 is 0 Å². The minimum atomic E-state index is -1.08. The zero-order chi connectivity index (χ0) is 17.2. The quantitative estimate of drug-likeness (QED) is 0.875. The fourth-order valence-electron chi connectivity index (χ4n) is 2.82. The summed E-state index contributed by atoms with van der Waals surface area (Å²) in [4.78, 5) is 17.9. The first kappa shape index (κ1) is 16.4. The van der Waals surface area contributed by atoms with E-state index in [1.165, 1.54) is 12.1 Å². The maximum Gasteiger partial charge on any atom is 0.273 e. The van der Waals surface area contributed by atoms with E-state index in [0.717, 1.165) is 19.2 Å². The zero-order valence-electron chi connectivity index (χ0n) is 13.3. The van der Waals surface area contributed by atoms with Gasteiger partial charge in [-0.25, -0.2) is 9.37 Å². The smallest absolute Gasteiger partial charge is 0.273 e. The molecule has 2 N–H and O–H groups in total. The molecule has 7 nitrogen and oxygen atoms in total. The van der Waals surface area contributed by atoms with Crippen molar-refractivity contribution < 1.29 is 18.8 Å². The number of pyridine rings is 1. The second-order valence-electron chi connectivity index (χ2n) is 6.09. The summed E-state index contributed by atoms with van der Waals surface area (Å²) < 4.78 is 17.9. The normalized spacial score (nSPS) is 20.9. The summed E-state index contributed by atoms with van der Waals surface area (Å²) in [5, 5.41) is 17.1. The number of aromatic nitrogens is 2. The van der Waals surface area contributed by atoms with Crippen molar-refractivity contribution in [3.05, 3.63) is 41.7 Å². The molecular weight excluding hydrogens is 315 g/mol. The van der Waals surface area contributed by atoms with E-state index in [1.807, 2.05) is 4.90 Å². The van der Waals surface area contributed by atoms with Crippen LogP contribution in [0.15, 0.2) is 28.9 Å². The van der Waals surface area contributed by atoms with Gasteiger partial charge in [0.2, 0.25) is 0 Å². The molecule has 0 radical (unpaired) electrons. The van der Waals surface area contributed by atoms with E-state index in [9.17, 15) is 14.3 Å². The predicted octanol–water partition coefficient (Wildman–Crippen LogP) is 1.28. The van der Waals surface area contributed by atoms with E-state index in [2.05, 4.69) is 15.5 Å². The maximum absolute atomic E-state index is 13.0. The van der Waals surface area contributed by atoms with Crippen LogP contribution in [0.5, 0.6) is 0 Å². The summed E-state index contributed by atoms with van der Waals surface area (Å²) in [5.74, 6) is 0.358. The van der Waals surface area contributed by atoms with Crippen LogP contribution in [0.25, 0.3) is 0 Å². The van der Waals surface area contributed by atoms with Crippen LogP contribution in [-0.2, 0) is 0 Å². The number of anilines is 1. The number of β-amino-alcohol motifs (C(OH)–C–C–N with tert-alkyl or cyclic N) is 1. The Balaban J connectivity index is 1.62. The van der Waals surface area contributed by atoms with Crippen LogP contribution in [0.1, 0.15) is 29.1 Å². The third-order valence-electron chi connectivity index (χ3n) is 4.03. The molecule has 3 heterocycles. The van der Waals surface area contributed by atoms with Gasteiger partial charge in [0.05, 0.1) is 11.8 Å². The van der Waals surface area contributed by atoms with Crippen molar-refractivity contribution in [2.75, 3.05) is 24.5 Å². The van der Waals surface area contributed by atoms with Gasteiger partial charge in [-0.1, -0.05) is 5.16 Å². The van der Waals surface area contributed by atoms with Gasteiger partial charge in [-0.15, -0.1) is 0 Å². The number of aryl methyl sites for hydroxylation is 1. The van der Waals surface area contributed by atoms with Crippen molar-refractivity contribution in [3.8, 4) is 0 Å². The number of amides is 1. The molecule has 0 unspecified atom stereocenters. The van der Waals surface area contributed by atoms with Crippen LogP contribution in [0.2, 0.25) is 0 Å². The second-order valence-corrected chi connectivity index (χ2v) is 6.09. The third kappa shape index (κ3) is 3.70. The molecule has 0 aromatic carbocycles. The first-order valence-electron chi connectivity index (χ1n) is 7.76. The lowest BCUT2D eigenvalue weighted by atomic mass is 9.92. The van der Waals surface area contributed by atoms with Crippen molar-refractivity contribution in [2.24, 2.45) is 0 Å². The summed E-state index contributed by atoms with van der Waals surface area (Å²) in [7, 11) is 0. The molecule has 24 heavy (non-hydrogen) atoms. The van der Waals surface area contributed by atoms with Crippen LogP contribution < -0.4 is 10.2 Å². The molecule has 0 bridgehead atoms. The van der Waals surface area contributed by atoms with Gasteiger partial charge in [-0.3, -0.25) is 4.79 Å². The molecule has 3 rings (SSSR count). The molecule has 0 spiro atoms. The highest BCUT2D eigenvalue weighted by Gasteiger charge is 2.34. The molecule has 2 aromatic heterocycles. The lowest BCUT2D eigenvalue weighted by molar-refractivity contribution is 0.0253. The molecule has 1 amide bonds. The van der Waals surface area contributed by atoms with Crippen molar-refractivity contribution in [1.29, 1.82) is 0 Å². The number of rotatable bonds is 4. The molecule has 1 aliphatic heterocycles. The van der Waals surface area contributed by atoms with E-state index in [4.69, 9.17) is 4.52 Å². The van der Waals surface area contributed by atoms with Crippen LogP contribution in [0.4, 0.5) is 10.2 Å². The summed E-state index contributed by atoms with van der Waals surface area (Å²) in [6.07, 6.45) is 2.45. The summed E-state index contributed by atoms with van der Waals surface area (Å²) in [6.45, 7) is 2.82. The number of carbonyl (C=O) groups excluding carboxylic acids is 1. The average molecular weight is 334 g/mol. The third-order valence-corrected chi connectivity index (χ3v) is 4.03. The van der Waals surface area contributed by atoms with Gasteiger partial charge in [-0.2, -0.15) is 0 Å². The number of halogens is 1. The fraction of sp³-hybridized carbons (Fsp3) is 0.438. The van der Waals surface area contributed by atoms with Gasteiger partial charge in [0.1, 0.15) is 17.4 Å². The van der Waals surface area contributed by atoms with Crippen LogP contribution in [0.3, 0.4) is 0 Å². The van der Waals surface area contributed by atoms with Gasteiger partial charge < -0.3 is 19.8 Å². The SMILES string of the molecule is Cc1cc(C(=O)NC[C@]2(O)CCCN(c3ccc(F)cn3)C2)no1. The highest BCUT2D eigenvalue weighted by molar-refractivity contribution is 5.92. The average Bonchev–Trinajstić information content (AvgIpc) is 3.00. The van der Waals surface area contributed by atoms with Crippen LogP contribution in [-0.4, -0.2) is 46.4 Å². The summed E-state index contributed by atoms with van der Waals surface area (Å²) in [5.41, 5.74) is -0.896. The Morgan fingerprint density at radius 2 is 2.38 bits per heavy atom. The number of hydrogen-bond donors (Lipinski definition) is 2. The number of nitrogens with one attached hydrogen (secondary N) is 1. The van der Waals surface area contributed by atoms with Crippen molar-refractivity contribution in [2.45, 2.75) is 25.4 Å². The first-order valence-corrected chi connectivity index (χ1v) is 7.76. The molecule has 8 heteroatoms. The predicted molar refractivity (Wildman–Crippen MR) is 84.2 cm³/mol. The molecule has 2 aromatic rings. The second kappa shape index (κ2) is 6.56. The lowest BCUT2D eigenvalue weighted by Crippen LogP contribution is -2.54. The fourth-order valence-corrected chi connectivity index (χ4v) is 2.82. The number of piperidine rings is 1. The van der Waals surface area contributed by atoms with Crippen molar-refractivity contribution in [3.63, 3.8) is 0 Å². The zero-order valence-corrected chi connectivity index (χ0v) is 13.3. The van der Waals surface area contributed by atoms with E-state index < -0.39 is 17.3 Å². The van der Waals surface area contributed by atoms with Crippen LogP contribution >= 0.6 is 0 Å². The molecule has 128 valence electrons. The Hall–Kier alpha value is -2.48. The highest BCUT2D eigenvalue weighted by Crippen LogP contribution is 2.24. The molecule has 0 aliphatic carbocycles. The Kier molecular flexibility index (Phi) is 4.48. The molecule has 0 saturated carbocycles.